The summed E-state index contributed by atoms with van der Waals surface area (Å²) in [6.07, 6.45) is 10.5. The Morgan fingerprint density at radius 3 is 0.621 bits per heavy atom. The van der Waals surface area contributed by atoms with Gasteiger partial charge in [0.15, 0.2) is 0 Å². The molecular formula is C20H32O8Pb-4. The van der Waals surface area contributed by atoms with Gasteiger partial charge in [-0.05, 0) is 51.4 Å². The molecule has 0 N–H and O–H groups in total. The molecule has 0 bridgehead atoms. The van der Waals surface area contributed by atoms with Gasteiger partial charge in [0.05, 0.1) is 0 Å². The smallest absolute Gasteiger partial charge is 0.0414 e. The monoisotopic (exact) mass is 608 g/mol. The van der Waals surface area contributed by atoms with E-state index in [1.807, 2.05) is 0 Å². The number of unbranched alkanes of at least 4 members (excludes halogenated alkanes) is 10. The van der Waals surface area contributed by atoms with Crippen molar-refractivity contribution in [1.29, 1.82) is 0 Å². The SMILES string of the molecule is O=C([O-])CCCCCCCCC(=O)[O-].O=C([O-])CCCCCCCCC(=O)[O-].[Pb]. The molecule has 0 aliphatic heterocycles. The predicted molar refractivity (Wildman–Crippen MR) is 99.7 cm³/mol. The molecule has 0 fully saturated rings. The number of hydrogen-bond acceptors (Lipinski definition) is 8. The molecular weight excluding hydrogens is 575 g/mol. The van der Waals surface area contributed by atoms with Crippen molar-refractivity contribution in [3.63, 3.8) is 0 Å². The molecule has 29 heavy (non-hydrogen) atoms. The second kappa shape index (κ2) is 24.8. The summed E-state index contributed by atoms with van der Waals surface area (Å²) >= 11 is 0. The molecule has 0 aromatic carbocycles. The molecule has 0 saturated heterocycles. The van der Waals surface area contributed by atoms with Crippen LogP contribution in [0.2, 0.25) is 0 Å². The van der Waals surface area contributed by atoms with E-state index in [1.54, 1.807) is 0 Å². The molecule has 0 amide bonds. The zero-order chi connectivity index (χ0) is 21.6. The molecule has 4 radical (unpaired) electrons. The van der Waals surface area contributed by atoms with Crippen molar-refractivity contribution in [3.8, 4) is 0 Å². The second-order valence-electron chi connectivity index (χ2n) is 6.73. The van der Waals surface area contributed by atoms with Gasteiger partial charge in [0.25, 0.3) is 0 Å². The average Bonchev–Trinajstić information content (AvgIpc) is 2.59. The van der Waals surface area contributed by atoms with Crippen LogP contribution >= 0.6 is 0 Å². The Balaban J connectivity index is -0.000000451. The summed E-state index contributed by atoms with van der Waals surface area (Å²) < 4.78 is 0. The molecule has 0 unspecified atom stereocenters. The van der Waals surface area contributed by atoms with E-state index in [4.69, 9.17) is 0 Å². The van der Waals surface area contributed by atoms with E-state index in [0.29, 0.717) is 25.7 Å². The average molecular weight is 608 g/mol. The van der Waals surface area contributed by atoms with Crippen LogP contribution in [0, 0.1) is 0 Å². The summed E-state index contributed by atoms with van der Waals surface area (Å²) in [5.74, 6) is -3.99. The summed E-state index contributed by atoms with van der Waals surface area (Å²) in [7, 11) is 0. The third kappa shape index (κ3) is 38.1. The van der Waals surface area contributed by atoms with E-state index >= 15 is 0 Å². The van der Waals surface area contributed by atoms with Crippen molar-refractivity contribution in [2.75, 3.05) is 0 Å². The molecule has 0 aromatic heterocycles. The Labute approximate surface area is 193 Å². The Hall–Kier alpha value is -1.20. The number of carbonyl (C=O) groups excluding carboxylic acids is 4. The minimum Gasteiger partial charge on any atom is -0.550 e. The molecule has 0 aromatic rings. The number of carboxylic acids is 4. The number of carboxylic acid groups (broad SMARTS) is 4. The van der Waals surface area contributed by atoms with Crippen LogP contribution in [0.3, 0.4) is 0 Å². The maximum absolute atomic E-state index is 10.0. The van der Waals surface area contributed by atoms with E-state index in [2.05, 4.69) is 0 Å². The third-order valence-corrected chi connectivity index (χ3v) is 4.02. The Kier molecular flexibility index (Phi) is 27.8. The van der Waals surface area contributed by atoms with Crippen molar-refractivity contribution in [2.24, 2.45) is 0 Å². The van der Waals surface area contributed by atoms with E-state index < -0.39 is 23.9 Å². The Morgan fingerprint density at radius 2 is 0.483 bits per heavy atom. The van der Waals surface area contributed by atoms with Gasteiger partial charge in [-0.15, -0.1) is 0 Å². The number of aliphatic carboxylic acids is 4. The fraction of sp³-hybridized carbons (Fsp3) is 0.800. The van der Waals surface area contributed by atoms with Gasteiger partial charge in [-0.25, -0.2) is 0 Å². The molecule has 0 atom stereocenters. The summed E-state index contributed by atoms with van der Waals surface area (Å²) in [6, 6.07) is 0. The first-order chi connectivity index (χ1) is 13.3. The molecule has 168 valence electrons. The molecule has 0 saturated carbocycles. The van der Waals surface area contributed by atoms with E-state index in [1.165, 1.54) is 0 Å². The van der Waals surface area contributed by atoms with Gasteiger partial charge in [0.2, 0.25) is 0 Å². The molecule has 0 aliphatic rings. The minimum absolute atomic E-state index is 0. The van der Waals surface area contributed by atoms with Crippen LogP contribution in [0.15, 0.2) is 0 Å². The summed E-state index contributed by atoms with van der Waals surface area (Å²) in [6.45, 7) is 0. The van der Waals surface area contributed by atoms with Crippen LogP contribution in [0.4, 0.5) is 0 Å². The van der Waals surface area contributed by atoms with Crippen LogP contribution in [-0.2, 0) is 19.2 Å². The van der Waals surface area contributed by atoms with Gasteiger partial charge < -0.3 is 39.6 Å². The molecule has 0 aliphatic carbocycles. The number of carbonyl (C=O) groups is 4. The molecule has 0 heterocycles. The van der Waals surface area contributed by atoms with E-state index in [0.717, 1.165) is 51.4 Å². The van der Waals surface area contributed by atoms with E-state index in [9.17, 15) is 39.6 Å². The van der Waals surface area contributed by atoms with Gasteiger partial charge in [-0.1, -0.05) is 51.4 Å². The molecule has 8 nitrogen and oxygen atoms in total. The standard InChI is InChI=1S/2C10H18O4.Pb/c2*11-9(12)7-5-3-1-2-4-6-8-10(13)14;/h2*1-8H2,(H,11,12)(H,13,14);/p-4. The Bertz CT molecular complexity index is 360. The summed E-state index contributed by atoms with van der Waals surface area (Å²) in [5.41, 5.74) is 0. The third-order valence-electron chi connectivity index (χ3n) is 4.02. The van der Waals surface area contributed by atoms with Gasteiger partial charge in [0.1, 0.15) is 0 Å². The fourth-order valence-corrected chi connectivity index (χ4v) is 2.49. The van der Waals surface area contributed by atoms with Gasteiger partial charge in [0, 0.05) is 51.2 Å². The van der Waals surface area contributed by atoms with Crippen molar-refractivity contribution >= 4 is 51.2 Å². The minimum atomic E-state index is -0.998. The van der Waals surface area contributed by atoms with Crippen LogP contribution in [0.5, 0.6) is 0 Å². The van der Waals surface area contributed by atoms with Crippen molar-refractivity contribution in [3.05, 3.63) is 0 Å². The van der Waals surface area contributed by atoms with Gasteiger partial charge in [-0.2, -0.15) is 0 Å². The number of hydrogen-bond donors (Lipinski definition) is 0. The van der Waals surface area contributed by atoms with Crippen LogP contribution in [-0.4, -0.2) is 51.2 Å². The molecule has 0 rings (SSSR count). The first-order valence-electron chi connectivity index (χ1n) is 10.0. The molecule has 0 spiro atoms. The largest absolute Gasteiger partial charge is 0.550 e. The van der Waals surface area contributed by atoms with Crippen molar-refractivity contribution in [1.82, 2.24) is 0 Å². The van der Waals surface area contributed by atoms with E-state index in [-0.39, 0.29) is 53.0 Å². The van der Waals surface area contributed by atoms with Crippen LogP contribution in [0.25, 0.3) is 0 Å². The topological polar surface area (TPSA) is 161 Å². The van der Waals surface area contributed by atoms with Crippen LogP contribution < -0.4 is 20.4 Å². The van der Waals surface area contributed by atoms with Gasteiger partial charge in [-0.3, -0.25) is 0 Å². The first-order valence-corrected chi connectivity index (χ1v) is 10.0. The van der Waals surface area contributed by atoms with Crippen molar-refractivity contribution < 1.29 is 39.6 Å². The number of rotatable bonds is 18. The Morgan fingerprint density at radius 1 is 0.345 bits per heavy atom. The zero-order valence-corrected chi connectivity index (χ0v) is 21.0. The quantitative estimate of drug-likeness (QED) is 0.139. The normalized spacial score (nSPS) is 9.66. The van der Waals surface area contributed by atoms with Crippen LogP contribution in [0.1, 0.15) is 103 Å². The summed E-state index contributed by atoms with van der Waals surface area (Å²) in [4.78, 5) is 40.1. The molecule has 9 heteroatoms. The summed E-state index contributed by atoms with van der Waals surface area (Å²) in [5, 5.41) is 40.1. The van der Waals surface area contributed by atoms with Gasteiger partial charge >= 0.3 is 0 Å². The first kappa shape index (κ1) is 32.5. The predicted octanol–water partition coefficient (Wildman–Crippen LogP) is -1.17. The zero-order valence-electron chi connectivity index (χ0n) is 17.1. The maximum Gasteiger partial charge on any atom is 0.0414 e. The maximum atomic E-state index is 10.0. The van der Waals surface area contributed by atoms with Crippen molar-refractivity contribution in [2.45, 2.75) is 103 Å². The fourth-order valence-electron chi connectivity index (χ4n) is 2.49. The second-order valence-corrected chi connectivity index (χ2v) is 6.73.